The van der Waals surface area contributed by atoms with Crippen LogP contribution in [0.4, 0.5) is 0 Å². The molecule has 33 nitrogen and oxygen atoms in total. The zero-order valence-electron chi connectivity index (χ0n) is 62.0. The van der Waals surface area contributed by atoms with Crippen LogP contribution < -0.4 is 27.0 Å². The Balaban J connectivity index is -0.000000579. The fourth-order valence-corrected chi connectivity index (χ4v) is 8.29. The third kappa shape index (κ3) is 83.6. The van der Waals surface area contributed by atoms with Crippen LogP contribution in [0.2, 0.25) is 0 Å². The van der Waals surface area contributed by atoms with Gasteiger partial charge in [0.15, 0.2) is 0 Å². The van der Waals surface area contributed by atoms with Gasteiger partial charge in [-0.1, -0.05) is 19.3 Å². The van der Waals surface area contributed by atoms with E-state index in [9.17, 15) is 40.9 Å². The summed E-state index contributed by atoms with van der Waals surface area (Å²) in [5, 5.41) is 168. The third-order valence-electron chi connectivity index (χ3n) is 14.6. The summed E-state index contributed by atoms with van der Waals surface area (Å²) in [7, 11) is 16.3. The lowest BCUT2D eigenvalue weighted by atomic mass is 10.2. The molecule has 0 saturated carbocycles. The first-order valence-electron chi connectivity index (χ1n) is 35.6. The lowest BCUT2D eigenvalue weighted by Gasteiger charge is -2.32. The Labute approximate surface area is 590 Å². The van der Waals surface area contributed by atoms with E-state index in [1.54, 1.807) is 4.90 Å². The summed E-state index contributed by atoms with van der Waals surface area (Å²) in [5.41, 5.74) is 5.38. The summed E-state index contributed by atoms with van der Waals surface area (Å²) in [4.78, 5) is 16.1. The van der Waals surface area contributed by atoms with Crippen LogP contribution in [0, 0.1) is 0 Å². The number of nitrogens with zero attached hydrogens (tertiary/aromatic N) is 8. The number of likely N-dealkylation sites (N-methyl/N-ethyl adjacent to an activating group) is 4. The van der Waals surface area contributed by atoms with Gasteiger partial charge < -0.3 is 148 Å². The van der Waals surface area contributed by atoms with Crippen molar-refractivity contribution in [3.63, 3.8) is 0 Å². The van der Waals surface area contributed by atoms with Crippen molar-refractivity contribution in [1.82, 2.24) is 60.5 Å². The van der Waals surface area contributed by atoms with Crippen LogP contribution in [0.15, 0.2) is 0 Å². The van der Waals surface area contributed by atoms with E-state index in [4.69, 9.17) is 51.7 Å². The topological polar surface area (TPSA) is 482 Å². The van der Waals surface area contributed by atoms with E-state index in [1.807, 2.05) is 33.7 Å². The van der Waals surface area contributed by atoms with Crippen molar-refractivity contribution in [2.45, 2.75) is 119 Å². The van der Waals surface area contributed by atoms with Gasteiger partial charge in [-0.15, -0.1) is 0 Å². The summed E-state index contributed by atoms with van der Waals surface area (Å²) < 4.78 is 13.8. The fraction of sp³-hybridized carbons (Fsp3) is 1.00. The summed E-state index contributed by atoms with van der Waals surface area (Å²) >= 11 is 0. The molecule has 0 aromatic carbocycles. The monoisotopic (exact) mass is 1430 g/mol. The molecule has 0 bridgehead atoms. The highest BCUT2D eigenvalue weighted by Gasteiger charge is 2.23. The molecule has 3 aliphatic heterocycles. The van der Waals surface area contributed by atoms with Crippen LogP contribution >= 0.6 is 0 Å². The van der Waals surface area contributed by atoms with Gasteiger partial charge in [-0.05, 0) is 134 Å². The molecular formula is C65H151N13O20. The number of nitrogens with two attached hydrogens (primary N) is 1. The van der Waals surface area contributed by atoms with Crippen molar-refractivity contribution < 1.29 is 101 Å². The van der Waals surface area contributed by atoms with Gasteiger partial charge in [0.1, 0.15) is 18.3 Å². The van der Waals surface area contributed by atoms with Gasteiger partial charge in [0.2, 0.25) is 0 Å². The van der Waals surface area contributed by atoms with E-state index in [0.717, 1.165) is 137 Å². The highest BCUT2D eigenvalue weighted by atomic mass is 16.6. The quantitative estimate of drug-likeness (QED) is 0.0199. The van der Waals surface area contributed by atoms with Crippen LogP contribution in [0.5, 0.6) is 0 Å². The Kier molecular flexibility index (Phi) is 79.2. The van der Waals surface area contributed by atoms with E-state index in [1.165, 1.54) is 25.7 Å². The van der Waals surface area contributed by atoms with Gasteiger partial charge in [-0.25, -0.2) is 0 Å². The number of hydrogen-bond acceptors (Lipinski definition) is 33. The Morgan fingerprint density at radius 1 is 0.296 bits per heavy atom. The number of rotatable bonds is 59. The second kappa shape index (κ2) is 75.4. The van der Waals surface area contributed by atoms with E-state index in [0.29, 0.717) is 58.9 Å². The normalized spacial score (nSPS) is 17.5. The van der Waals surface area contributed by atoms with E-state index >= 15 is 0 Å². The largest absolute Gasteiger partial charge is 0.394 e. The third-order valence-corrected chi connectivity index (χ3v) is 14.6. The van der Waals surface area contributed by atoms with Gasteiger partial charge >= 0.3 is 0 Å². The van der Waals surface area contributed by atoms with E-state index < -0.39 is 55.9 Å². The molecular weight excluding hydrogens is 1280 g/mol. The first kappa shape index (κ1) is 103. The van der Waals surface area contributed by atoms with E-state index in [-0.39, 0.29) is 90.8 Å². The Hall–Kier alpha value is -1.32. The molecule has 33 heteroatoms. The average Bonchev–Trinajstić information content (AvgIpc) is 2.27. The minimum atomic E-state index is -0.987. The van der Waals surface area contributed by atoms with Crippen molar-refractivity contribution in [2.24, 2.45) is 5.73 Å². The van der Waals surface area contributed by atoms with Crippen LogP contribution in [-0.4, -0.2) is 493 Å². The maximum absolute atomic E-state index is 9.94. The minimum Gasteiger partial charge on any atom is -0.394 e. The summed E-state index contributed by atoms with van der Waals surface area (Å²) in [6, 6.07) is 0. The Morgan fingerprint density at radius 2 is 0.541 bits per heavy atom. The maximum Gasteiger partial charge on any atom is 0.104 e. The van der Waals surface area contributed by atoms with Gasteiger partial charge in [0.25, 0.3) is 0 Å². The molecule has 10 atom stereocenters. The second-order valence-electron chi connectivity index (χ2n) is 26.0. The van der Waals surface area contributed by atoms with E-state index in [2.05, 4.69) is 92.5 Å². The SMILES string of the molecule is CN(C)CCN(CCN(CCN(CC(O)CO)CC(O)CO)CC(O)CO)CC(O)CO.CN(C)CCNCCCCCN.CN(C)CCNCCCCCN(CC(O)CO)CC(O)CO.CN(C)CCNCCCCCNCC(O)CO.OCC1CO1.OCC1CO1.OCC1CO1. The molecule has 3 fully saturated rings. The number of aliphatic hydroxyl groups is 17. The predicted molar refractivity (Wildman–Crippen MR) is 384 cm³/mol. The highest BCUT2D eigenvalue weighted by Crippen LogP contribution is 2.08. The highest BCUT2D eigenvalue weighted by molar-refractivity contribution is 4.75. The molecule has 3 saturated heterocycles. The number of unbranched alkanes of at least 4 members (excludes halogenated alkanes) is 6. The van der Waals surface area contributed by atoms with Crippen LogP contribution in [0.25, 0.3) is 0 Å². The molecule has 0 aromatic heterocycles. The molecule has 0 aliphatic carbocycles. The molecule has 3 heterocycles. The van der Waals surface area contributed by atoms with Crippen LogP contribution in [0.3, 0.4) is 0 Å². The zero-order valence-corrected chi connectivity index (χ0v) is 62.0. The van der Waals surface area contributed by atoms with Crippen molar-refractivity contribution in [3.8, 4) is 0 Å². The predicted octanol–water partition coefficient (Wildman–Crippen LogP) is -9.17. The standard InChI is InChI=1S/C20H46N4O8.C15H35N3O4.C12H29N3O2.C9H23N3.3C3H6O2/c1-21(2)3-4-22(9-17(29)13-25)5-6-23(10-18(30)14-26)7-8-24(11-19(31)15-27)12-20(32)16-28;1-17(2)9-7-16-6-4-3-5-8-18(10-14(21)12-19)11-15(22)13-20;1-15(2)9-8-13-6-4-3-5-7-14-10-12(17)11-16;1-12(2)9-8-11-7-5-3-4-6-10;3*4-1-3-2-5-3/h17-20,25-32H,3-16H2,1-2H3;14-16,19-22H,3-13H2,1-2H3;12-14,16-17H,3-11H2,1-2H3;11H,3-10H2,1-2H3;3*3-4H,1-2H2. The number of epoxide rings is 3. The Morgan fingerprint density at radius 3 is 0.796 bits per heavy atom. The smallest absolute Gasteiger partial charge is 0.104 e. The van der Waals surface area contributed by atoms with Crippen LogP contribution in [-0.2, 0) is 14.2 Å². The fourth-order valence-electron chi connectivity index (χ4n) is 8.29. The number of aliphatic hydroxyl groups excluding tert-OH is 17. The second-order valence-corrected chi connectivity index (χ2v) is 26.0. The molecule has 0 spiro atoms. The molecule has 98 heavy (non-hydrogen) atoms. The molecule has 23 N–H and O–H groups in total. The molecule has 0 amide bonds. The van der Waals surface area contributed by atoms with Crippen molar-refractivity contribution in [2.75, 3.05) is 306 Å². The summed E-state index contributed by atoms with van der Waals surface area (Å²) in [6.45, 7) is 17.8. The average molecular weight is 1430 g/mol. The zero-order chi connectivity index (χ0) is 74.6. The first-order valence-corrected chi connectivity index (χ1v) is 35.6. The molecule has 0 aromatic rings. The molecule has 3 rings (SSSR count). The summed E-state index contributed by atoms with van der Waals surface area (Å²) in [6.07, 6.45) is 4.86. The number of hydrogen-bond donors (Lipinski definition) is 22. The maximum atomic E-state index is 9.94. The first-order chi connectivity index (χ1) is 46.9. The molecule has 0 radical (unpaired) electrons. The van der Waals surface area contributed by atoms with Gasteiger partial charge in [-0.3, -0.25) is 19.6 Å². The van der Waals surface area contributed by atoms with Crippen LogP contribution in [0.1, 0.15) is 57.8 Å². The lowest BCUT2D eigenvalue weighted by Crippen LogP contribution is -2.48. The van der Waals surface area contributed by atoms with Crippen molar-refractivity contribution >= 4 is 0 Å². The van der Waals surface area contributed by atoms with Gasteiger partial charge in [0.05, 0.1) is 129 Å². The molecule has 10 unspecified atom stereocenters. The lowest BCUT2D eigenvalue weighted by molar-refractivity contribution is 0.0133. The number of ether oxygens (including phenoxy) is 3. The minimum absolute atomic E-state index is 0.113. The van der Waals surface area contributed by atoms with Gasteiger partial charge in [0, 0.05) is 124 Å². The Bertz CT molecular complexity index is 1510. The van der Waals surface area contributed by atoms with Crippen molar-refractivity contribution in [1.29, 1.82) is 0 Å². The number of nitrogens with one attached hydrogen (secondary N) is 4. The van der Waals surface area contributed by atoms with Crippen molar-refractivity contribution in [3.05, 3.63) is 0 Å². The molecule has 596 valence electrons. The van der Waals surface area contributed by atoms with Gasteiger partial charge in [-0.2, -0.15) is 0 Å². The molecule has 3 aliphatic rings. The summed E-state index contributed by atoms with van der Waals surface area (Å²) in [5.74, 6) is 0.